The second-order valence-corrected chi connectivity index (χ2v) is 5.61. The van der Waals surface area contributed by atoms with Gasteiger partial charge >= 0.3 is 0 Å². The number of ketones is 1. The summed E-state index contributed by atoms with van der Waals surface area (Å²) in [5.74, 6) is 6.26. The molecule has 0 bridgehead atoms. The zero-order valence-corrected chi connectivity index (χ0v) is 14.5. The smallest absolute Gasteiger partial charge is 0.287 e. The molecule has 2 aromatic carbocycles. The maximum Gasteiger partial charge on any atom is 0.287 e. The molecule has 1 aromatic heterocycles. The lowest BCUT2D eigenvalue weighted by Gasteiger charge is -1.99. The molecule has 26 heavy (non-hydrogen) atoms. The molecule has 0 radical (unpaired) electrons. The van der Waals surface area contributed by atoms with Crippen molar-refractivity contribution in [2.75, 3.05) is 13.7 Å². The van der Waals surface area contributed by atoms with Gasteiger partial charge in [-0.25, -0.2) is 0 Å². The summed E-state index contributed by atoms with van der Waals surface area (Å²) in [6.07, 6.45) is 0. The van der Waals surface area contributed by atoms with Gasteiger partial charge in [0, 0.05) is 16.5 Å². The van der Waals surface area contributed by atoms with E-state index in [1.165, 1.54) is 6.92 Å². The van der Waals surface area contributed by atoms with Gasteiger partial charge in [0.05, 0.1) is 13.7 Å². The van der Waals surface area contributed by atoms with Crippen molar-refractivity contribution in [3.05, 3.63) is 65.4 Å². The van der Waals surface area contributed by atoms with Crippen molar-refractivity contribution in [3.63, 3.8) is 0 Å². The molecular formula is C21H17NO4. The van der Waals surface area contributed by atoms with Crippen LogP contribution in [-0.4, -0.2) is 25.3 Å². The van der Waals surface area contributed by atoms with Crippen molar-refractivity contribution in [2.24, 2.45) is 0 Å². The van der Waals surface area contributed by atoms with E-state index in [0.29, 0.717) is 16.9 Å². The Morgan fingerprint density at radius 3 is 2.62 bits per heavy atom. The highest BCUT2D eigenvalue weighted by Crippen LogP contribution is 2.28. The Kier molecular flexibility index (Phi) is 5.04. The van der Waals surface area contributed by atoms with E-state index in [1.807, 2.05) is 12.1 Å². The van der Waals surface area contributed by atoms with Gasteiger partial charge in [-0.2, -0.15) is 0 Å². The number of nitrogens with one attached hydrogen (secondary N) is 1. The molecule has 130 valence electrons. The van der Waals surface area contributed by atoms with E-state index >= 15 is 0 Å². The molecule has 1 heterocycles. The predicted octanol–water partition coefficient (Wildman–Crippen LogP) is 3.43. The first kappa shape index (κ1) is 17.3. The second-order valence-electron chi connectivity index (χ2n) is 5.61. The van der Waals surface area contributed by atoms with Crippen LogP contribution >= 0.6 is 0 Å². The van der Waals surface area contributed by atoms with Crippen molar-refractivity contribution in [1.29, 1.82) is 0 Å². The fraction of sp³-hybridized carbons (Fsp3) is 0.143. The number of Topliss-reactive ketones (excluding diaryl/α,β-unsaturated/α-hetero) is 1. The highest BCUT2D eigenvalue weighted by Gasteiger charge is 2.13. The summed E-state index contributed by atoms with van der Waals surface area (Å²) < 4.78 is 10.8. The SMILES string of the molecule is COc1cccc2cc(C(=O)NCC#Cc3ccc(C(C)=O)cc3)oc12. The van der Waals surface area contributed by atoms with Crippen molar-refractivity contribution in [1.82, 2.24) is 5.32 Å². The third kappa shape index (κ3) is 3.76. The molecule has 0 atom stereocenters. The minimum absolute atomic E-state index is 0.0132. The molecule has 0 unspecified atom stereocenters. The van der Waals surface area contributed by atoms with Gasteiger partial charge in [0.1, 0.15) is 0 Å². The molecule has 5 heteroatoms. The van der Waals surface area contributed by atoms with Crippen molar-refractivity contribution in [2.45, 2.75) is 6.92 Å². The lowest BCUT2D eigenvalue weighted by atomic mass is 10.1. The van der Waals surface area contributed by atoms with Gasteiger partial charge in [-0.15, -0.1) is 0 Å². The second kappa shape index (κ2) is 7.58. The molecule has 0 aliphatic carbocycles. The first-order chi connectivity index (χ1) is 12.6. The maximum atomic E-state index is 12.2. The third-order valence-corrected chi connectivity index (χ3v) is 3.81. The number of carbonyl (C=O) groups is 2. The number of para-hydroxylation sites is 1. The number of carbonyl (C=O) groups excluding carboxylic acids is 2. The van der Waals surface area contributed by atoms with Crippen LogP contribution in [0, 0.1) is 11.8 Å². The maximum absolute atomic E-state index is 12.2. The summed E-state index contributed by atoms with van der Waals surface area (Å²) in [4.78, 5) is 23.4. The van der Waals surface area contributed by atoms with Gasteiger partial charge in [0.25, 0.3) is 5.91 Å². The molecule has 0 spiro atoms. The number of benzene rings is 2. The van der Waals surface area contributed by atoms with Gasteiger partial charge in [-0.3, -0.25) is 9.59 Å². The standard InChI is InChI=1S/C21H17NO4/c1-14(23)16-10-8-15(9-11-16)5-4-12-22-21(24)19-13-17-6-3-7-18(25-2)20(17)26-19/h3,6-11,13H,12H2,1-2H3,(H,22,24). The van der Waals surface area contributed by atoms with Gasteiger partial charge in [0.15, 0.2) is 22.9 Å². The fourth-order valence-corrected chi connectivity index (χ4v) is 2.46. The van der Waals surface area contributed by atoms with E-state index < -0.39 is 0 Å². The number of methoxy groups -OCH3 is 1. The van der Waals surface area contributed by atoms with E-state index in [1.54, 1.807) is 43.5 Å². The number of rotatable bonds is 4. The predicted molar refractivity (Wildman–Crippen MR) is 98.4 cm³/mol. The first-order valence-corrected chi connectivity index (χ1v) is 8.03. The van der Waals surface area contributed by atoms with Gasteiger partial charge in [-0.1, -0.05) is 36.1 Å². The molecule has 0 aliphatic heterocycles. The van der Waals surface area contributed by atoms with Crippen LogP contribution in [0.2, 0.25) is 0 Å². The summed E-state index contributed by atoms with van der Waals surface area (Å²) in [5, 5.41) is 3.49. The van der Waals surface area contributed by atoms with E-state index in [2.05, 4.69) is 17.2 Å². The number of hydrogen-bond acceptors (Lipinski definition) is 4. The normalized spacial score (nSPS) is 10.1. The van der Waals surface area contributed by atoms with E-state index in [4.69, 9.17) is 9.15 Å². The lowest BCUT2D eigenvalue weighted by Crippen LogP contribution is -2.22. The van der Waals surface area contributed by atoms with Gasteiger partial charge in [0.2, 0.25) is 0 Å². The molecule has 5 nitrogen and oxygen atoms in total. The first-order valence-electron chi connectivity index (χ1n) is 8.03. The van der Waals surface area contributed by atoms with E-state index in [0.717, 1.165) is 10.9 Å². The van der Waals surface area contributed by atoms with Crippen molar-refractivity contribution >= 4 is 22.7 Å². The molecule has 0 saturated carbocycles. The Balaban J connectivity index is 1.64. The minimum Gasteiger partial charge on any atom is -0.493 e. The molecule has 0 fully saturated rings. The summed E-state index contributed by atoms with van der Waals surface area (Å²) in [7, 11) is 1.55. The van der Waals surface area contributed by atoms with Crippen LogP contribution in [0.1, 0.15) is 33.4 Å². The van der Waals surface area contributed by atoms with Crippen molar-refractivity contribution < 1.29 is 18.7 Å². The minimum atomic E-state index is -0.343. The van der Waals surface area contributed by atoms with Crippen LogP contribution in [0.3, 0.4) is 0 Å². The average molecular weight is 347 g/mol. The zero-order valence-electron chi connectivity index (χ0n) is 14.5. The molecule has 0 aliphatic rings. The fourth-order valence-electron chi connectivity index (χ4n) is 2.46. The number of amides is 1. The topological polar surface area (TPSA) is 68.5 Å². The highest BCUT2D eigenvalue weighted by atomic mass is 16.5. The Bertz CT molecular complexity index is 1020. The molecule has 3 rings (SSSR count). The van der Waals surface area contributed by atoms with Crippen LogP contribution < -0.4 is 10.1 Å². The number of hydrogen-bond donors (Lipinski definition) is 1. The molecule has 1 amide bonds. The third-order valence-electron chi connectivity index (χ3n) is 3.81. The Morgan fingerprint density at radius 1 is 1.15 bits per heavy atom. The Hall–Kier alpha value is -3.52. The molecule has 0 saturated heterocycles. The number of fused-ring (bicyclic) bond motifs is 1. The highest BCUT2D eigenvalue weighted by molar-refractivity contribution is 5.97. The monoisotopic (exact) mass is 347 g/mol. The number of furan rings is 1. The van der Waals surface area contributed by atoms with Gasteiger partial charge in [-0.05, 0) is 31.2 Å². The average Bonchev–Trinajstić information content (AvgIpc) is 3.10. The summed E-state index contributed by atoms with van der Waals surface area (Å²) in [6.45, 7) is 1.70. The molecule has 1 N–H and O–H groups in total. The summed E-state index contributed by atoms with van der Waals surface area (Å²) in [5.41, 5.74) is 1.96. The summed E-state index contributed by atoms with van der Waals surface area (Å²) >= 11 is 0. The van der Waals surface area contributed by atoms with Crippen molar-refractivity contribution in [3.8, 4) is 17.6 Å². The lowest BCUT2D eigenvalue weighted by molar-refractivity contribution is 0.0932. The number of ether oxygens (including phenoxy) is 1. The summed E-state index contributed by atoms with van der Waals surface area (Å²) in [6, 6.07) is 14.1. The van der Waals surface area contributed by atoms with E-state index in [-0.39, 0.29) is 24.0 Å². The molecule has 3 aromatic rings. The largest absolute Gasteiger partial charge is 0.493 e. The quantitative estimate of drug-likeness (QED) is 0.580. The molecular weight excluding hydrogens is 330 g/mol. The Morgan fingerprint density at radius 2 is 1.92 bits per heavy atom. The van der Waals surface area contributed by atoms with Gasteiger partial charge < -0.3 is 14.5 Å². The van der Waals surface area contributed by atoms with Crippen LogP contribution in [0.15, 0.2) is 52.9 Å². The van der Waals surface area contributed by atoms with Crippen LogP contribution in [0.25, 0.3) is 11.0 Å². The van der Waals surface area contributed by atoms with Crippen LogP contribution in [0.5, 0.6) is 5.75 Å². The van der Waals surface area contributed by atoms with Crippen LogP contribution in [-0.2, 0) is 0 Å². The Labute approximate surface area is 151 Å². The van der Waals surface area contributed by atoms with Crippen LogP contribution in [0.4, 0.5) is 0 Å². The van der Waals surface area contributed by atoms with E-state index in [9.17, 15) is 9.59 Å². The zero-order chi connectivity index (χ0) is 18.5.